The van der Waals surface area contributed by atoms with Gasteiger partial charge in [0, 0.05) is 25.3 Å². The SMILES string of the molecule is Cc1ccc(S(=O)(=O)Nc2ccc(-c3ccccc3N(C)C)nn2)cc1. The molecule has 0 saturated carbocycles. The summed E-state index contributed by atoms with van der Waals surface area (Å²) in [5.74, 6) is 0.177. The van der Waals surface area contributed by atoms with Gasteiger partial charge in [-0.15, -0.1) is 10.2 Å². The predicted molar refractivity (Wildman–Crippen MR) is 104 cm³/mol. The van der Waals surface area contributed by atoms with Crippen LogP contribution in [0.2, 0.25) is 0 Å². The summed E-state index contributed by atoms with van der Waals surface area (Å²) in [4.78, 5) is 2.18. The summed E-state index contributed by atoms with van der Waals surface area (Å²) in [5.41, 5.74) is 3.60. The van der Waals surface area contributed by atoms with Crippen LogP contribution in [0.5, 0.6) is 0 Å². The molecule has 3 aromatic rings. The summed E-state index contributed by atoms with van der Waals surface area (Å²) in [5, 5.41) is 8.21. The predicted octanol–water partition coefficient (Wildman–Crippen LogP) is 3.32. The van der Waals surface area contributed by atoms with Crippen LogP contribution < -0.4 is 9.62 Å². The number of nitrogens with one attached hydrogen (secondary N) is 1. The zero-order chi connectivity index (χ0) is 18.7. The summed E-state index contributed by atoms with van der Waals surface area (Å²) in [7, 11) is 0.219. The first-order valence-electron chi connectivity index (χ1n) is 8.07. The number of para-hydroxylation sites is 1. The summed E-state index contributed by atoms with van der Waals surface area (Å²) in [6.45, 7) is 1.90. The van der Waals surface area contributed by atoms with Gasteiger partial charge in [0.05, 0.1) is 10.6 Å². The molecule has 0 saturated heterocycles. The van der Waals surface area contributed by atoms with Crippen molar-refractivity contribution in [1.29, 1.82) is 0 Å². The van der Waals surface area contributed by atoms with E-state index in [9.17, 15) is 8.42 Å². The molecule has 1 N–H and O–H groups in total. The summed E-state index contributed by atoms with van der Waals surface area (Å²) >= 11 is 0. The van der Waals surface area contributed by atoms with Crippen LogP contribution in [-0.2, 0) is 10.0 Å². The van der Waals surface area contributed by atoms with Gasteiger partial charge in [0.2, 0.25) is 0 Å². The molecule has 0 unspecified atom stereocenters. The van der Waals surface area contributed by atoms with Crippen LogP contribution in [0.15, 0.2) is 65.6 Å². The third-order valence-electron chi connectivity index (χ3n) is 3.90. The van der Waals surface area contributed by atoms with E-state index in [-0.39, 0.29) is 10.7 Å². The molecule has 0 spiro atoms. The van der Waals surface area contributed by atoms with Crippen LogP contribution in [0, 0.1) is 6.92 Å². The molecule has 0 atom stereocenters. The molecule has 0 aliphatic rings. The molecule has 2 aromatic carbocycles. The van der Waals surface area contributed by atoms with E-state index in [0.717, 1.165) is 16.8 Å². The Morgan fingerprint density at radius 1 is 0.885 bits per heavy atom. The minimum absolute atomic E-state index is 0.177. The molecular weight excluding hydrogens is 348 g/mol. The first-order chi connectivity index (χ1) is 12.4. The molecule has 134 valence electrons. The second-order valence-electron chi connectivity index (χ2n) is 6.13. The van der Waals surface area contributed by atoms with Gasteiger partial charge in [-0.25, -0.2) is 8.42 Å². The van der Waals surface area contributed by atoms with E-state index in [2.05, 4.69) is 14.9 Å². The van der Waals surface area contributed by atoms with Gasteiger partial charge in [-0.2, -0.15) is 0 Å². The van der Waals surface area contributed by atoms with Gasteiger partial charge in [-0.3, -0.25) is 4.72 Å². The van der Waals surface area contributed by atoms with Crippen molar-refractivity contribution in [3.8, 4) is 11.3 Å². The van der Waals surface area contributed by atoms with Crippen LogP contribution in [-0.4, -0.2) is 32.7 Å². The number of anilines is 2. The smallest absolute Gasteiger partial charge is 0.263 e. The number of rotatable bonds is 5. The largest absolute Gasteiger partial charge is 0.377 e. The van der Waals surface area contributed by atoms with E-state index in [1.165, 1.54) is 0 Å². The van der Waals surface area contributed by atoms with Crippen molar-refractivity contribution >= 4 is 21.5 Å². The Kier molecular flexibility index (Phi) is 4.90. The molecule has 3 rings (SSSR count). The fourth-order valence-corrected chi connectivity index (χ4v) is 3.52. The molecule has 26 heavy (non-hydrogen) atoms. The quantitative estimate of drug-likeness (QED) is 0.748. The van der Waals surface area contributed by atoms with Crippen LogP contribution in [0.3, 0.4) is 0 Å². The molecule has 7 heteroatoms. The minimum atomic E-state index is -3.69. The molecule has 0 fully saturated rings. The Bertz CT molecular complexity index is 998. The Labute approximate surface area is 153 Å². The van der Waals surface area contributed by atoms with Gasteiger partial charge in [0.1, 0.15) is 0 Å². The van der Waals surface area contributed by atoms with Gasteiger partial charge in [0.15, 0.2) is 5.82 Å². The summed E-state index contributed by atoms with van der Waals surface area (Å²) in [6.07, 6.45) is 0. The first kappa shape index (κ1) is 17.9. The van der Waals surface area contributed by atoms with Crippen molar-refractivity contribution < 1.29 is 8.42 Å². The summed E-state index contributed by atoms with van der Waals surface area (Å²) < 4.78 is 27.3. The van der Waals surface area contributed by atoms with Gasteiger partial charge in [-0.05, 0) is 37.3 Å². The maximum Gasteiger partial charge on any atom is 0.263 e. The number of hydrogen-bond acceptors (Lipinski definition) is 5. The molecule has 0 radical (unpaired) electrons. The molecule has 0 aliphatic carbocycles. The van der Waals surface area contributed by atoms with Crippen LogP contribution in [0.4, 0.5) is 11.5 Å². The molecule has 1 heterocycles. The highest BCUT2D eigenvalue weighted by molar-refractivity contribution is 7.92. The van der Waals surface area contributed by atoms with Gasteiger partial charge < -0.3 is 4.90 Å². The highest BCUT2D eigenvalue weighted by Crippen LogP contribution is 2.28. The fourth-order valence-electron chi connectivity index (χ4n) is 2.52. The van der Waals surface area contributed by atoms with Gasteiger partial charge in [-0.1, -0.05) is 35.9 Å². The van der Waals surface area contributed by atoms with Gasteiger partial charge >= 0.3 is 0 Å². The Morgan fingerprint density at radius 3 is 2.19 bits per heavy atom. The fraction of sp³-hybridized carbons (Fsp3) is 0.158. The summed E-state index contributed by atoms with van der Waals surface area (Å²) in [6, 6.07) is 17.8. The lowest BCUT2D eigenvalue weighted by Gasteiger charge is -2.16. The molecular formula is C19H20N4O2S. The van der Waals surface area contributed by atoms with Crippen LogP contribution in [0.25, 0.3) is 11.3 Å². The van der Waals surface area contributed by atoms with Crippen molar-refractivity contribution in [1.82, 2.24) is 10.2 Å². The number of nitrogens with zero attached hydrogens (tertiary/aromatic N) is 3. The van der Waals surface area contributed by atoms with E-state index in [1.54, 1.807) is 36.4 Å². The molecule has 0 bridgehead atoms. The molecule has 1 aromatic heterocycles. The second-order valence-corrected chi connectivity index (χ2v) is 7.82. The van der Waals surface area contributed by atoms with Crippen molar-refractivity contribution in [3.63, 3.8) is 0 Å². The lowest BCUT2D eigenvalue weighted by molar-refractivity contribution is 0.601. The average molecular weight is 368 g/mol. The standard InChI is InChI=1S/C19H20N4O2S/c1-14-8-10-15(11-9-14)26(24,25)22-19-13-12-17(20-21-19)16-6-4-5-7-18(16)23(2)3/h4-13H,1-3H3,(H,21,22). The Morgan fingerprint density at radius 2 is 1.58 bits per heavy atom. The highest BCUT2D eigenvalue weighted by Gasteiger charge is 2.15. The monoisotopic (exact) mass is 368 g/mol. The van der Waals surface area contributed by atoms with E-state index >= 15 is 0 Å². The third-order valence-corrected chi connectivity index (χ3v) is 5.27. The Balaban J connectivity index is 1.86. The normalized spacial score (nSPS) is 11.2. The molecule has 0 aliphatic heterocycles. The maximum absolute atomic E-state index is 12.4. The highest BCUT2D eigenvalue weighted by atomic mass is 32.2. The zero-order valence-electron chi connectivity index (χ0n) is 14.8. The topological polar surface area (TPSA) is 75.2 Å². The molecule has 6 nitrogen and oxygen atoms in total. The third kappa shape index (κ3) is 3.83. The van der Waals surface area contributed by atoms with Crippen LogP contribution in [0.1, 0.15) is 5.56 Å². The lowest BCUT2D eigenvalue weighted by Crippen LogP contribution is -2.14. The minimum Gasteiger partial charge on any atom is -0.377 e. The second kappa shape index (κ2) is 7.13. The number of sulfonamides is 1. The van der Waals surface area contributed by atoms with Gasteiger partial charge in [0.25, 0.3) is 10.0 Å². The maximum atomic E-state index is 12.4. The van der Waals surface area contributed by atoms with E-state index < -0.39 is 10.0 Å². The van der Waals surface area contributed by atoms with E-state index in [4.69, 9.17) is 0 Å². The van der Waals surface area contributed by atoms with Crippen molar-refractivity contribution in [2.75, 3.05) is 23.7 Å². The molecule has 0 amide bonds. The zero-order valence-corrected chi connectivity index (χ0v) is 15.7. The first-order valence-corrected chi connectivity index (χ1v) is 9.55. The number of benzene rings is 2. The van der Waals surface area contributed by atoms with E-state index in [0.29, 0.717) is 5.69 Å². The van der Waals surface area contributed by atoms with Crippen molar-refractivity contribution in [2.24, 2.45) is 0 Å². The van der Waals surface area contributed by atoms with Crippen LogP contribution >= 0.6 is 0 Å². The number of aromatic nitrogens is 2. The van der Waals surface area contributed by atoms with E-state index in [1.807, 2.05) is 50.2 Å². The Hall–Kier alpha value is -2.93. The average Bonchev–Trinajstić information content (AvgIpc) is 2.62. The number of aryl methyl sites for hydroxylation is 1. The van der Waals surface area contributed by atoms with Crippen molar-refractivity contribution in [3.05, 3.63) is 66.2 Å². The van der Waals surface area contributed by atoms with Crippen molar-refractivity contribution in [2.45, 2.75) is 11.8 Å². The lowest BCUT2D eigenvalue weighted by atomic mass is 10.1. The number of hydrogen-bond donors (Lipinski definition) is 1.